The maximum atomic E-state index is 12.9. The first-order valence-corrected chi connectivity index (χ1v) is 5.58. The number of hydrogen-bond donors (Lipinski definition) is 2. The van der Waals surface area contributed by atoms with E-state index in [2.05, 4.69) is 5.32 Å². The highest BCUT2D eigenvalue weighted by Gasteiger charge is 2.23. The molecule has 96 valence electrons. The van der Waals surface area contributed by atoms with Gasteiger partial charge >= 0.3 is 5.97 Å². The molecule has 1 amide bonds. The van der Waals surface area contributed by atoms with E-state index in [0.29, 0.717) is 0 Å². The third-order valence-electron chi connectivity index (χ3n) is 2.51. The fourth-order valence-corrected chi connectivity index (χ4v) is 1.41. The minimum Gasteiger partial charge on any atom is -0.452 e. The van der Waals surface area contributed by atoms with Gasteiger partial charge in [-0.05, 0) is 31.0 Å². The Morgan fingerprint density at radius 2 is 2.17 bits per heavy atom. The summed E-state index contributed by atoms with van der Waals surface area (Å²) in [4.78, 5) is 22.9. The van der Waals surface area contributed by atoms with Crippen LogP contribution in [-0.4, -0.2) is 24.5 Å². The zero-order chi connectivity index (χ0) is 13.1. The summed E-state index contributed by atoms with van der Waals surface area (Å²) in [6.45, 7) is -0.384. The lowest BCUT2D eigenvalue weighted by molar-refractivity contribution is -0.124. The molecule has 0 atom stereocenters. The van der Waals surface area contributed by atoms with Crippen LogP contribution in [0.5, 0.6) is 0 Å². The Kier molecular flexibility index (Phi) is 3.45. The van der Waals surface area contributed by atoms with E-state index in [1.54, 1.807) is 0 Å². The van der Waals surface area contributed by atoms with Gasteiger partial charge in [0.15, 0.2) is 6.61 Å². The molecule has 18 heavy (non-hydrogen) atoms. The van der Waals surface area contributed by atoms with Crippen LogP contribution in [0, 0.1) is 5.82 Å². The molecule has 0 spiro atoms. The van der Waals surface area contributed by atoms with E-state index in [1.165, 1.54) is 6.07 Å². The van der Waals surface area contributed by atoms with Gasteiger partial charge in [0.2, 0.25) is 0 Å². The molecule has 1 fully saturated rings. The highest BCUT2D eigenvalue weighted by Crippen LogP contribution is 2.18. The lowest BCUT2D eigenvalue weighted by Crippen LogP contribution is -2.30. The third-order valence-corrected chi connectivity index (χ3v) is 2.51. The van der Waals surface area contributed by atoms with Gasteiger partial charge in [0.1, 0.15) is 5.82 Å². The molecule has 0 heterocycles. The number of anilines is 1. The molecular weight excluding hydrogens is 239 g/mol. The fraction of sp³-hybridized carbons (Fsp3) is 0.333. The topological polar surface area (TPSA) is 81.4 Å². The molecule has 1 saturated carbocycles. The van der Waals surface area contributed by atoms with Crippen molar-refractivity contribution in [2.45, 2.75) is 18.9 Å². The van der Waals surface area contributed by atoms with E-state index >= 15 is 0 Å². The minimum absolute atomic E-state index is 0.0748. The molecule has 0 radical (unpaired) electrons. The summed E-state index contributed by atoms with van der Waals surface area (Å²) in [6, 6.07) is 3.61. The lowest BCUT2D eigenvalue weighted by Gasteiger charge is -2.07. The number of nitrogen functional groups attached to an aromatic ring is 1. The molecular formula is C12H13FN2O3. The number of nitrogens with one attached hydrogen (secondary N) is 1. The average molecular weight is 252 g/mol. The van der Waals surface area contributed by atoms with Crippen molar-refractivity contribution in [1.82, 2.24) is 5.32 Å². The summed E-state index contributed by atoms with van der Waals surface area (Å²) in [7, 11) is 0. The monoisotopic (exact) mass is 252 g/mol. The Labute approximate surface area is 103 Å². The zero-order valence-electron chi connectivity index (χ0n) is 9.61. The van der Waals surface area contributed by atoms with Crippen molar-refractivity contribution in [3.05, 3.63) is 29.6 Å². The number of carbonyl (C=O) groups excluding carboxylic acids is 2. The second kappa shape index (κ2) is 5.03. The molecule has 0 bridgehead atoms. The van der Waals surface area contributed by atoms with Crippen molar-refractivity contribution in [3.63, 3.8) is 0 Å². The molecule has 0 saturated heterocycles. The van der Waals surface area contributed by atoms with Crippen LogP contribution in [0.1, 0.15) is 23.2 Å². The Morgan fingerprint density at radius 3 is 2.83 bits per heavy atom. The number of amides is 1. The Balaban J connectivity index is 1.90. The number of nitrogens with two attached hydrogens (primary N) is 1. The normalized spacial score (nSPS) is 14.1. The summed E-state index contributed by atoms with van der Waals surface area (Å²) < 4.78 is 17.7. The van der Waals surface area contributed by atoms with Gasteiger partial charge in [0.25, 0.3) is 5.91 Å². The zero-order valence-corrected chi connectivity index (χ0v) is 9.61. The highest BCUT2D eigenvalue weighted by molar-refractivity contribution is 5.96. The number of carbonyl (C=O) groups is 2. The maximum absolute atomic E-state index is 12.9. The number of ether oxygens (including phenoxy) is 1. The second-order valence-electron chi connectivity index (χ2n) is 4.15. The van der Waals surface area contributed by atoms with Gasteiger partial charge in [-0.25, -0.2) is 9.18 Å². The molecule has 0 unspecified atom stereocenters. The van der Waals surface area contributed by atoms with Gasteiger partial charge in [0.05, 0.1) is 5.56 Å². The van der Waals surface area contributed by atoms with Crippen molar-refractivity contribution >= 4 is 17.6 Å². The van der Waals surface area contributed by atoms with Crippen molar-refractivity contribution in [3.8, 4) is 0 Å². The first-order valence-electron chi connectivity index (χ1n) is 5.58. The van der Waals surface area contributed by atoms with Crippen LogP contribution in [-0.2, 0) is 9.53 Å². The summed E-state index contributed by atoms with van der Waals surface area (Å²) in [6.07, 6.45) is 1.91. The van der Waals surface area contributed by atoms with E-state index in [1.807, 2.05) is 0 Å². The molecule has 2 rings (SSSR count). The van der Waals surface area contributed by atoms with E-state index in [0.717, 1.165) is 25.0 Å². The van der Waals surface area contributed by atoms with Crippen molar-refractivity contribution in [1.29, 1.82) is 0 Å². The summed E-state index contributed by atoms with van der Waals surface area (Å²) >= 11 is 0. The van der Waals surface area contributed by atoms with Crippen LogP contribution in [0.2, 0.25) is 0 Å². The van der Waals surface area contributed by atoms with Crippen LogP contribution in [0.4, 0.5) is 10.1 Å². The van der Waals surface area contributed by atoms with E-state index < -0.39 is 11.8 Å². The summed E-state index contributed by atoms with van der Waals surface area (Å²) in [5.74, 6) is -1.75. The first kappa shape index (κ1) is 12.3. The minimum atomic E-state index is -0.807. The quantitative estimate of drug-likeness (QED) is 0.614. The Bertz CT molecular complexity index is 486. The molecule has 0 aromatic heterocycles. The molecule has 5 nitrogen and oxygen atoms in total. The van der Waals surface area contributed by atoms with E-state index in [4.69, 9.17) is 10.5 Å². The Hall–Kier alpha value is -2.11. The SMILES string of the molecule is Nc1ccc(F)cc1C(=O)OCC(=O)NC1CC1. The van der Waals surface area contributed by atoms with Gasteiger partial charge in [-0.2, -0.15) is 0 Å². The van der Waals surface area contributed by atoms with Gasteiger partial charge in [-0.15, -0.1) is 0 Å². The van der Waals surface area contributed by atoms with E-state index in [9.17, 15) is 14.0 Å². The predicted octanol–water partition coefficient (Wildman–Crippen LogP) is 0.843. The highest BCUT2D eigenvalue weighted by atomic mass is 19.1. The van der Waals surface area contributed by atoms with Crippen LogP contribution < -0.4 is 11.1 Å². The van der Waals surface area contributed by atoms with Crippen LogP contribution in [0.25, 0.3) is 0 Å². The second-order valence-corrected chi connectivity index (χ2v) is 4.15. The van der Waals surface area contributed by atoms with Gasteiger partial charge in [-0.1, -0.05) is 0 Å². The number of esters is 1. The number of halogens is 1. The van der Waals surface area contributed by atoms with Gasteiger partial charge < -0.3 is 15.8 Å². The molecule has 3 N–H and O–H groups in total. The summed E-state index contributed by atoms with van der Waals surface area (Å²) in [5.41, 5.74) is 5.56. The average Bonchev–Trinajstić information content (AvgIpc) is 3.13. The number of rotatable bonds is 4. The fourth-order valence-electron chi connectivity index (χ4n) is 1.41. The molecule has 1 aliphatic rings. The van der Waals surface area contributed by atoms with Crippen LogP contribution in [0.3, 0.4) is 0 Å². The van der Waals surface area contributed by atoms with Crippen LogP contribution in [0.15, 0.2) is 18.2 Å². The lowest BCUT2D eigenvalue weighted by atomic mass is 10.2. The van der Waals surface area contributed by atoms with Crippen molar-refractivity contribution in [2.75, 3.05) is 12.3 Å². The van der Waals surface area contributed by atoms with E-state index in [-0.39, 0.29) is 29.8 Å². The first-order chi connectivity index (χ1) is 8.56. The molecule has 0 aliphatic heterocycles. The molecule has 1 aromatic rings. The predicted molar refractivity (Wildman–Crippen MR) is 62.3 cm³/mol. The van der Waals surface area contributed by atoms with Crippen molar-refractivity contribution < 1.29 is 18.7 Å². The number of benzene rings is 1. The molecule has 1 aromatic carbocycles. The smallest absolute Gasteiger partial charge is 0.340 e. The molecule has 6 heteroatoms. The maximum Gasteiger partial charge on any atom is 0.340 e. The summed E-state index contributed by atoms with van der Waals surface area (Å²) in [5, 5.41) is 2.67. The Morgan fingerprint density at radius 1 is 1.44 bits per heavy atom. The third kappa shape index (κ3) is 3.19. The standard InChI is InChI=1S/C12H13FN2O3/c13-7-1-4-10(14)9(5-7)12(17)18-6-11(16)15-8-2-3-8/h1,4-5,8H,2-3,6,14H2,(H,15,16). The van der Waals surface area contributed by atoms with Crippen LogP contribution >= 0.6 is 0 Å². The van der Waals surface area contributed by atoms with Gasteiger partial charge in [0, 0.05) is 11.7 Å². The van der Waals surface area contributed by atoms with Crippen molar-refractivity contribution in [2.24, 2.45) is 0 Å². The number of hydrogen-bond acceptors (Lipinski definition) is 4. The largest absolute Gasteiger partial charge is 0.452 e. The molecule has 1 aliphatic carbocycles. The van der Waals surface area contributed by atoms with Gasteiger partial charge in [-0.3, -0.25) is 4.79 Å².